The van der Waals surface area contributed by atoms with E-state index in [-0.39, 0.29) is 5.41 Å². The van der Waals surface area contributed by atoms with E-state index < -0.39 is 0 Å². The summed E-state index contributed by atoms with van der Waals surface area (Å²) in [6.45, 7) is 7.03. The molecule has 2 aliphatic carbocycles. The molecule has 2 heteroatoms. The zero-order chi connectivity index (χ0) is 12.2. The van der Waals surface area contributed by atoms with Crippen LogP contribution >= 0.6 is 0 Å². The highest BCUT2D eigenvalue weighted by atomic mass is 16.2. The molecular weight excluding hydrogens is 198 g/mol. The van der Waals surface area contributed by atoms with E-state index in [2.05, 4.69) is 20.8 Å². The second-order valence-corrected chi connectivity index (χ2v) is 7.19. The highest BCUT2D eigenvalue weighted by molar-refractivity contribution is 5.83. The lowest BCUT2D eigenvalue weighted by Crippen LogP contribution is -2.37. The van der Waals surface area contributed by atoms with Crippen LogP contribution < -0.4 is 0 Å². The van der Waals surface area contributed by atoms with Crippen molar-refractivity contribution in [1.82, 2.24) is 4.90 Å². The molecule has 92 valence electrons. The van der Waals surface area contributed by atoms with Crippen molar-refractivity contribution in [3.05, 3.63) is 0 Å². The topological polar surface area (TPSA) is 20.3 Å². The molecule has 1 amide bonds. The minimum absolute atomic E-state index is 0.00319. The van der Waals surface area contributed by atoms with E-state index in [1.165, 1.54) is 12.8 Å². The summed E-state index contributed by atoms with van der Waals surface area (Å²) in [6.07, 6.45) is 5.84. The van der Waals surface area contributed by atoms with Crippen LogP contribution in [0.3, 0.4) is 0 Å². The van der Waals surface area contributed by atoms with Gasteiger partial charge < -0.3 is 4.90 Å². The third-order valence-electron chi connectivity index (χ3n) is 5.29. The van der Waals surface area contributed by atoms with Gasteiger partial charge in [-0.2, -0.15) is 0 Å². The Labute approximate surface area is 99.4 Å². The molecule has 16 heavy (non-hydrogen) atoms. The van der Waals surface area contributed by atoms with Gasteiger partial charge in [0.05, 0.1) is 0 Å². The van der Waals surface area contributed by atoms with Crippen LogP contribution in [0, 0.1) is 16.2 Å². The predicted molar refractivity (Wildman–Crippen MR) is 66.1 cm³/mol. The van der Waals surface area contributed by atoms with Crippen LogP contribution in [0.1, 0.15) is 52.9 Å². The van der Waals surface area contributed by atoms with Crippen molar-refractivity contribution in [1.29, 1.82) is 0 Å². The van der Waals surface area contributed by atoms with E-state index in [4.69, 9.17) is 0 Å². The fourth-order valence-electron chi connectivity index (χ4n) is 3.99. The summed E-state index contributed by atoms with van der Waals surface area (Å²) in [6, 6.07) is 0. The predicted octanol–water partition coefficient (Wildman–Crippen LogP) is 3.07. The van der Waals surface area contributed by atoms with Gasteiger partial charge in [-0.3, -0.25) is 4.79 Å². The van der Waals surface area contributed by atoms with Gasteiger partial charge in [-0.05, 0) is 42.9 Å². The van der Waals surface area contributed by atoms with Crippen LogP contribution in [0.15, 0.2) is 0 Å². The second-order valence-electron chi connectivity index (χ2n) is 7.19. The number of amides is 1. The number of hydrogen-bond donors (Lipinski definition) is 0. The van der Waals surface area contributed by atoms with Crippen molar-refractivity contribution in [2.45, 2.75) is 52.9 Å². The average Bonchev–Trinajstić information content (AvgIpc) is 2.73. The van der Waals surface area contributed by atoms with E-state index >= 15 is 0 Å². The van der Waals surface area contributed by atoms with E-state index in [9.17, 15) is 4.79 Å². The van der Waals surface area contributed by atoms with E-state index in [0.717, 1.165) is 19.3 Å². The number of rotatable bonds is 1. The summed E-state index contributed by atoms with van der Waals surface area (Å²) in [4.78, 5) is 14.1. The van der Waals surface area contributed by atoms with Gasteiger partial charge >= 0.3 is 0 Å². The lowest BCUT2D eigenvalue weighted by Gasteiger charge is -2.40. The standard InChI is InChI=1S/C14H25NO/c1-12(2,3)14-8-6-13(10-14,7-9-14)11(16)15(4)5/h6-10H2,1-5H3. The van der Waals surface area contributed by atoms with Gasteiger partial charge in [0.25, 0.3) is 0 Å². The Balaban J connectivity index is 2.25. The fraction of sp³-hybridized carbons (Fsp3) is 0.929. The largest absolute Gasteiger partial charge is 0.348 e. The average molecular weight is 223 g/mol. The summed E-state index contributed by atoms with van der Waals surface area (Å²) in [5.41, 5.74) is 0.771. The van der Waals surface area contributed by atoms with Gasteiger partial charge in [0.1, 0.15) is 0 Å². The maximum atomic E-state index is 12.3. The van der Waals surface area contributed by atoms with Crippen LogP contribution in [0.2, 0.25) is 0 Å². The van der Waals surface area contributed by atoms with Crippen molar-refractivity contribution in [3.8, 4) is 0 Å². The number of carbonyl (C=O) groups is 1. The summed E-state index contributed by atoms with van der Waals surface area (Å²) in [5.74, 6) is 0.371. The number of hydrogen-bond acceptors (Lipinski definition) is 1. The smallest absolute Gasteiger partial charge is 0.228 e. The molecule has 0 heterocycles. The van der Waals surface area contributed by atoms with Crippen LogP contribution in [-0.4, -0.2) is 24.9 Å². The molecule has 0 aromatic rings. The lowest BCUT2D eigenvalue weighted by molar-refractivity contribution is -0.139. The Morgan fingerprint density at radius 1 is 1.06 bits per heavy atom. The first-order chi connectivity index (χ1) is 7.23. The molecule has 0 aromatic heterocycles. The number of carbonyl (C=O) groups excluding carboxylic acids is 1. The Morgan fingerprint density at radius 3 is 1.88 bits per heavy atom. The molecule has 0 aliphatic heterocycles. The second kappa shape index (κ2) is 3.24. The van der Waals surface area contributed by atoms with Crippen molar-refractivity contribution in [2.75, 3.05) is 14.1 Å². The van der Waals surface area contributed by atoms with Crippen LogP contribution in [0.25, 0.3) is 0 Å². The zero-order valence-corrected chi connectivity index (χ0v) is 11.4. The molecule has 2 fully saturated rings. The first-order valence-electron chi connectivity index (χ1n) is 6.44. The van der Waals surface area contributed by atoms with Gasteiger partial charge in [0, 0.05) is 19.5 Å². The molecule has 0 spiro atoms. The van der Waals surface area contributed by atoms with Gasteiger partial charge in [0.2, 0.25) is 5.91 Å². The molecule has 2 nitrogen and oxygen atoms in total. The summed E-state index contributed by atoms with van der Waals surface area (Å²) in [5, 5.41) is 0. The number of fused-ring (bicyclic) bond motifs is 2. The zero-order valence-electron chi connectivity index (χ0n) is 11.4. The van der Waals surface area contributed by atoms with Gasteiger partial charge in [-0.1, -0.05) is 20.8 Å². The molecule has 2 rings (SSSR count). The molecule has 0 saturated heterocycles. The minimum atomic E-state index is -0.00319. The Hall–Kier alpha value is -0.530. The monoisotopic (exact) mass is 223 g/mol. The maximum Gasteiger partial charge on any atom is 0.228 e. The van der Waals surface area contributed by atoms with Gasteiger partial charge in [0.15, 0.2) is 0 Å². The quantitative estimate of drug-likeness (QED) is 0.669. The van der Waals surface area contributed by atoms with Gasteiger partial charge in [-0.25, -0.2) is 0 Å². The highest BCUT2D eigenvalue weighted by Gasteiger charge is 2.61. The Morgan fingerprint density at radius 2 is 1.56 bits per heavy atom. The first-order valence-corrected chi connectivity index (χ1v) is 6.44. The molecule has 0 aromatic carbocycles. The Bertz CT molecular complexity index is 303. The molecule has 0 N–H and O–H groups in total. The van der Waals surface area contributed by atoms with Gasteiger partial charge in [-0.15, -0.1) is 0 Å². The van der Waals surface area contributed by atoms with E-state index in [0.29, 0.717) is 16.7 Å². The molecule has 0 radical (unpaired) electrons. The molecular formula is C14H25NO. The van der Waals surface area contributed by atoms with Crippen molar-refractivity contribution < 1.29 is 4.79 Å². The maximum absolute atomic E-state index is 12.3. The highest BCUT2D eigenvalue weighted by Crippen LogP contribution is 2.68. The molecule has 2 saturated carbocycles. The molecule has 2 bridgehead atoms. The lowest BCUT2D eigenvalue weighted by atomic mass is 9.65. The first kappa shape index (κ1) is 11.9. The summed E-state index contributed by atoms with van der Waals surface area (Å²) in [7, 11) is 3.79. The Kier molecular flexibility index (Phi) is 2.42. The van der Waals surface area contributed by atoms with Crippen LogP contribution in [0.5, 0.6) is 0 Å². The summed E-state index contributed by atoms with van der Waals surface area (Å²) >= 11 is 0. The van der Waals surface area contributed by atoms with E-state index in [1.807, 2.05) is 14.1 Å². The van der Waals surface area contributed by atoms with Crippen molar-refractivity contribution >= 4 is 5.91 Å². The molecule has 0 unspecified atom stereocenters. The molecule has 0 atom stereocenters. The van der Waals surface area contributed by atoms with Crippen LogP contribution in [-0.2, 0) is 4.79 Å². The minimum Gasteiger partial charge on any atom is -0.348 e. The molecule has 2 aliphatic rings. The number of nitrogens with zero attached hydrogens (tertiary/aromatic N) is 1. The normalized spacial score (nSPS) is 37.8. The summed E-state index contributed by atoms with van der Waals surface area (Å²) < 4.78 is 0. The van der Waals surface area contributed by atoms with Crippen molar-refractivity contribution in [2.24, 2.45) is 16.2 Å². The van der Waals surface area contributed by atoms with E-state index in [1.54, 1.807) is 4.90 Å². The fourth-order valence-corrected chi connectivity index (χ4v) is 3.99. The van der Waals surface area contributed by atoms with Crippen molar-refractivity contribution in [3.63, 3.8) is 0 Å². The van der Waals surface area contributed by atoms with Crippen LogP contribution in [0.4, 0.5) is 0 Å². The third-order valence-corrected chi connectivity index (χ3v) is 5.29. The third kappa shape index (κ3) is 1.42. The SMILES string of the molecule is CN(C)C(=O)C12CCC(C(C)(C)C)(CC1)C2.